The summed E-state index contributed by atoms with van der Waals surface area (Å²) in [6.07, 6.45) is 12.2. The summed E-state index contributed by atoms with van der Waals surface area (Å²) in [7, 11) is 0. The van der Waals surface area contributed by atoms with Crippen molar-refractivity contribution in [3.8, 4) is 0 Å². The largest absolute Gasteiger partial charge is 0.395 e. The molecule has 1 rings (SSSR count). The zero-order chi connectivity index (χ0) is 27.6. The van der Waals surface area contributed by atoms with Gasteiger partial charge in [-0.1, -0.05) is 130 Å². The van der Waals surface area contributed by atoms with Crippen molar-refractivity contribution in [2.24, 2.45) is 5.41 Å². The molecular formula is C32H58O4. The standard InChI is InChI=1S/C32H58O4/c1-9-10-11-12-13-14-15-16-17-18-19-32(36,31(22-33,23-34)24-35)28-26(29(3,4)5)20-25(2)21-27(28)30(6,7)8/h20-21,33-36H,9-19,22-24H2,1-8H3. The minimum atomic E-state index is -1.57. The number of hydrogen-bond acceptors (Lipinski definition) is 4. The van der Waals surface area contributed by atoms with Gasteiger partial charge in [-0.3, -0.25) is 0 Å². The molecule has 0 aliphatic heterocycles. The Morgan fingerprint density at radius 2 is 0.972 bits per heavy atom. The highest BCUT2D eigenvalue weighted by atomic mass is 16.3. The number of aryl methyl sites for hydroxylation is 1. The van der Waals surface area contributed by atoms with Gasteiger partial charge in [-0.2, -0.15) is 0 Å². The molecule has 4 nitrogen and oxygen atoms in total. The molecule has 0 spiro atoms. The molecule has 4 heteroatoms. The van der Waals surface area contributed by atoms with Gasteiger partial charge in [0.25, 0.3) is 0 Å². The van der Waals surface area contributed by atoms with E-state index in [1.165, 1.54) is 44.9 Å². The molecule has 0 bridgehead atoms. The fourth-order valence-corrected chi connectivity index (χ4v) is 5.48. The van der Waals surface area contributed by atoms with Gasteiger partial charge in [-0.25, -0.2) is 0 Å². The third-order valence-corrected chi connectivity index (χ3v) is 7.99. The smallest absolute Gasteiger partial charge is 0.102 e. The van der Waals surface area contributed by atoms with E-state index < -0.39 is 30.8 Å². The molecule has 0 aliphatic rings. The first kappa shape index (κ1) is 33.1. The van der Waals surface area contributed by atoms with Crippen molar-refractivity contribution in [1.82, 2.24) is 0 Å². The Labute approximate surface area is 222 Å². The van der Waals surface area contributed by atoms with Crippen molar-refractivity contribution in [3.05, 3.63) is 34.4 Å². The molecule has 0 saturated heterocycles. The van der Waals surface area contributed by atoms with Crippen LogP contribution in [0.2, 0.25) is 0 Å². The molecular weight excluding hydrogens is 448 g/mol. The normalized spacial score (nSPS) is 14.8. The number of aliphatic hydroxyl groups excluding tert-OH is 3. The maximum Gasteiger partial charge on any atom is 0.102 e. The summed E-state index contributed by atoms with van der Waals surface area (Å²) in [6, 6.07) is 4.26. The Morgan fingerprint density at radius 3 is 1.31 bits per heavy atom. The van der Waals surface area contributed by atoms with Crippen molar-refractivity contribution in [2.75, 3.05) is 19.8 Å². The highest BCUT2D eigenvalue weighted by molar-refractivity contribution is 5.50. The maximum atomic E-state index is 12.6. The second-order valence-electron chi connectivity index (χ2n) is 13.3. The van der Waals surface area contributed by atoms with E-state index in [2.05, 4.69) is 67.5 Å². The van der Waals surface area contributed by atoms with Crippen LogP contribution in [0.4, 0.5) is 0 Å². The van der Waals surface area contributed by atoms with E-state index >= 15 is 0 Å². The van der Waals surface area contributed by atoms with Crippen molar-refractivity contribution >= 4 is 0 Å². The van der Waals surface area contributed by atoms with E-state index in [1.54, 1.807) is 0 Å². The number of rotatable bonds is 16. The van der Waals surface area contributed by atoms with Gasteiger partial charge in [0, 0.05) is 0 Å². The zero-order valence-electron chi connectivity index (χ0n) is 24.8. The monoisotopic (exact) mass is 506 g/mol. The lowest BCUT2D eigenvalue weighted by atomic mass is 9.60. The van der Waals surface area contributed by atoms with Crippen LogP contribution in [-0.2, 0) is 16.4 Å². The van der Waals surface area contributed by atoms with Gasteiger partial charge in [-0.15, -0.1) is 0 Å². The third kappa shape index (κ3) is 8.28. The predicted octanol–water partition coefficient (Wildman–Crippen LogP) is 7.05. The third-order valence-electron chi connectivity index (χ3n) is 7.99. The van der Waals surface area contributed by atoms with Crippen LogP contribution in [0.3, 0.4) is 0 Å². The molecule has 0 heterocycles. The quantitative estimate of drug-likeness (QED) is 0.181. The Hall–Kier alpha value is -0.940. The number of benzene rings is 1. The van der Waals surface area contributed by atoms with Gasteiger partial charge in [0.15, 0.2) is 0 Å². The van der Waals surface area contributed by atoms with Crippen molar-refractivity contribution in [1.29, 1.82) is 0 Å². The van der Waals surface area contributed by atoms with Gasteiger partial charge in [0.2, 0.25) is 0 Å². The minimum Gasteiger partial charge on any atom is -0.395 e. The Bertz CT molecular complexity index is 724. The Morgan fingerprint density at radius 1 is 0.611 bits per heavy atom. The van der Waals surface area contributed by atoms with Crippen molar-refractivity contribution in [3.63, 3.8) is 0 Å². The van der Waals surface area contributed by atoms with Gasteiger partial charge >= 0.3 is 0 Å². The first-order valence-corrected chi connectivity index (χ1v) is 14.4. The van der Waals surface area contributed by atoms with Crippen LogP contribution in [0, 0.1) is 12.3 Å². The average Bonchev–Trinajstić information content (AvgIpc) is 2.80. The van der Waals surface area contributed by atoms with Crippen LogP contribution in [0.1, 0.15) is 141 Å². The van der Waals surface area contributed by atoms with Crippen molar-refractivity contribution < 1.29 is 20.4 Å². The highest BCUT2D eigenvalue weighted by Gasteiger charge is 2.53. The predicted molar refractivity (Wildman–Crippen MR) is 153 cm³/mol. The summed E-state index contributed by atoms with van der Waals surface area (Å²) in [6.45, 7) is 15.7. The van der Waals surface area contributed by atoms with E-state index in [1.807, 2.05) is 0 Å². The lowest BCUT2D eigenvalue weighted by molar-refractivity contribution is -0.165. The topological polar surface area (TPSA) is 80.9 Å². The van der Waals surface area contributed by atoms with E-state index in [-0.39, 0.29) is 10.8 Å². The first-order chi connectivity index (χ1) is 16.7. The van der Waals surface area contributed by atoms with Crippen molar-refractivity contribution in [2.45, 2.75) is 142 Å². The Balaban J connectivity index is 3.36. The van der Waals surface area contributed by atoms with Crippen LogP contribution in [0.25, 0.3) is 0 Å². The molecule has 0 fully saturated rings. The summed E-state index contributed by atoms with van der Waals surface area (Å²) < 4.78 is 0. The molecule has 0 aromatic heterocycles. The van der Waals surface area contributed by atoms with E-state index in [0.29, 0.717) is 6.42 Å². The SMILES string of the molecule is CCCCCCCCCCCCC(O)(c1c(C(C)(C)C)cc(C)cc1C(C)(C)C)C(CO)(CO)CO. The van der Waals surface area contributed by atoms with E-state index in [9.17, 15) is 20.4 Å². The van der Waals surface area contributed by atoms with E-state index in [4.69, 9.17) is 0 Å². The molecule has 4 N–H and O–H groups in total. The molecule has 1 aromatic rings. The fourth-order valence-electron chi connectivity index (χ4n) is 5.48. The van der Waals surface area contributed by atoms with Crippen LogP contribution < -0.4 is 0 Å². The van der Waals surface area contributed by atoms with Gasteiger partial charge in [0.05, 0.1) is 25.2 Å². The highest BCUT2D eigenvalue weighted by Crippen LogP contribution is 2.50. The second kappa shape index (κ2) is 14.3. The van der Waals surface area contributed by atoms with Gasteiger partial charge in [0.1, 0.15) is 5.60 Å². The van der Waals surface area contributed by atoms with Gasteiger partial charge < -0.3 is 20.4 Å². The lowest BCUT2D eigenvalue weighted by Gasteiger charge is -2.49. The lowest BCUT2D eigenvalue weighted by Crippen LogP contribution is -2.55. The summed E-state index contributed by atoms with van der Waals surface area (Å²) >= 11 is 0. The fraction of sp³-hybridized carbons (Fsp3) is 0.812. The summed E-state index contributed by atoms with van der Waals surface area (Å²) in [5.74, 6) is 0. The maximum absolute atomic E-state index is 12.6. The molecule has 1 aromatic carbocycles. The molecule has 0 amide bonds. The molecule has 1 unspecified atom stereocenters. The van der Waals surface area contributed by atoms with E-state index in [0.717, 1.165) is 41.5 Å². The average molecular weight is 507 g/mol. The molecule has 0 radical (unpaired) electrons. The Kier molecular flexibility index (Phi) is 13.1. The molecule has 1 atom stereocenters. The second-order valence-corrected chi connectivity index (χ2v) is 13.3. The summed E-state index contributed by atoms with van der Waals surface area (Å²) in [5, 5.41) is 44.1. The summed E-state index contributed by atoms with van der Waals surface area (Å²) in [5.41, 5.74) is 0.395. The first-order valence-electron chi connectivity index (χ1n) is 14.4. The molecule has 36 heavy (non-hydrogen) atoms. The number of aliphatic hydroxyl groups is 4. The number of unbranched alkanes of at least 4 members (excludes halogenated alkanes) is 9. The van der Waals surface area contributed by atoms with Crippen LogP contribution in [0.5, 0.6) is 0 Å². The summed E-state index contributed by atoms with van der Waals surface area (Å²) in [4.78, 5) is 0. The van der Waals surface area contributed by atoms with Crippen LogP contribution in [0.15, 0.2) is 12.1 Å². The molecule has 0 saturated carbocycles. The van der Waals surface area contributed by atoms with Gasteiger partial charge in [-0.05, 0) is 40.9 Å². The van der Waals surface area contributed by atoms with Crippen LogP contribution in [-0.4, -0.2) is 40.2 Å². The number of hydrogen-bond donors (Lipinski definition) is 4. The molecule has 0 aliphatic carbocycles. The molecule has 210 valence electrons. The minimum absolute atomic E-state index is 0.265. The zero-order valence-corrected chi connectivity index (χ0v) is 24.8. The van der Waals surface area contributed by atoms with Crippen LogP contribution >= 0.6 is 0 Å².